The van der Waals surface area contributed by atoms with Crippen molar-refractivity contribution in [2.75, 3.05) is 25.0 Å². The normalized spacial score (nSPS) is 16.8. The number of ether oxygens (including phenoxy) is 2. The fourth-order valence-electron chi connectivity index (χ4n) is 3.71. The molecule has 2 aromatic carbocycles. The van der Waals surface area contributed by atoms with E-state index in [1.165, 1.54) is 0 Å². The van der Waals surface area contributed by atoms with E-state index < -0.39 is 0 Å². The van der Waals surface area contributed by atoms with Crippen LogP contribution in [0, 0.1) is 11.8 Å². The Balaban J connectivity index is 1.26. The molecule has 2 aromatic rings. The van der Waals surface area contributed by atoms with E-state index >= 15 is 0 Å². The SMILES string of the molecule is CCOc1ccc(Oc2ccc(NC(=O)C3CCN(C(=O)C4CC4)CC3)cc2)cc1. The van der Waals surface area contributed by atoms with Gasteiger partial charge in [-0.3, -0.25) is 9.59 Å². The number of hydrogen-bond donors (Lipinski definition) is 1. The topological polar surface area (TPSA) is 67.9 Å². The van der Waals surface area contributed by atoms with Crippen LogP contribution in [0.5, 0.6) is 17.2 Å². The highest BCUT2D eigenvalue weighted by Crippen LogP contribution is 2.32. The number of anilines is 1. The van der Waals surface area contributed by atoms with Gasteiger partial charge in [0.05, 0.1) is 6.61 Å². The van der Waals surface area contributed by atoms with E-state index in [9.17, 15) is 9.59 Å². The second-order valence-corrected chi connectivity index (χ2v) is 7.89. The summed E-state index contributed by atoms with van der Waals surface area (Å²) in [4.78, 5) is 26.7. The Morgan fingerprint density at radius 2 is 1.43 bits per heavy atom. The van der Waals surface area contributed by atoms with Crippen molar-refractivity contribution in [3.8, 4) is 17.2 Å². The van der Waals surface area contributed by atoms with Gasteiger partial charge in [0.2, 0.25) is 11.8 Å². The Labute approximate surface area is 177 Å². The van der Waals surface area contributed by atoms with Gasteiger partial charge in [0.1, 0.15) is 17.2 Å². The first-order valence-corrected chi connectivity index (χ1v) is 10.7. The van der Waals surface area contributed by atoms with Gasteiger partial charge >= 0.3 is 0 Å². The first-order valence-electron chi connectivity index (χ1n) is 10.7. The van der Waals surface area contributed by atoms with Crippen molar-refractivity contribution in [1.29, 1.82) is 0 Å². The summed E-state index contributed by atoms with van der Waals surface area (Å²) in [6.45, 7) is 3.94. The van der Waals surface area contributed by atoms with Crippen molar-refractivity contribution >= 4 is 17.5 Å². The van der Waals surface area contributed by atoms with Crippen molar-refractivity contribution in [3.63, 3.8) is 0 Å². The number of carbonyl (C=O) groups is 2. The lowest BCUT2D eigenvalue weighted by Crippen LogP contribution is -2.42. The van der Waals surface area contributed by atoms with Crippen molar-refractivity contribution in [2.45, 2.75) is 32.6 Å². The van der Waals surface area contributed by atoms with Gasteiger partial charge < -0.3 is 19.7 Å². The molecular formula is C24H28N2O4. The molecule has 0 atom stereocenters. The molecule has 30 heavy (non-hydrogen) atoms. The van der Waals surface area contributed by atoms with E-state index in [2.05, 4.69) is 5.32 Å². The molecule has 1 aliphatic heterocycles. The second-order valence-electron chi connectivity index (χ2n) is 7.89. The van der Waals surface area contributed by atoms with Crippen LogP contribution in [0.1, 0.15) is 32.6 Å². The van der Waals surface area contributed by atoms with E-state index in [-0.39, 0.29) is 23.7 Å². The minimum absolute atomic E-state index is 0.0219. The van der Waals surface area contributed by atoms with Crippen LogP contribution in [0.15, 0.2) is 48.5 Å². The maximum atomic E-state index is 12.6. The summed E-state index contributed by atoms with van der Waals surface area (Å²) in [5, 5.41) is 2.99. The minimum Gasteiger partial charge on any atom is -0.494 e. The summed E-state index contributed by atoms with van der Waals surface area (Å²) in [5.74, 6) is 2.73. The number of nitrogens with one attached hydrogen (secondary N) is 1. The summed E-state index contributed by atoms with van der Waals surface area (Å²) in [7, 11) is 0. The Morgan fingerprint density at radius 1 is 0.867 bits per heavy atom. The summed E-state index contributed by atoms with van der Waals surface area (Å²) in [6, 6.07) is 14.8. The number of benzene rings is 2. The van der Waals surface area contributed by atoms with E-state index in [1.807, 2.05) is 60.4 Å². The van der Waals surface area contributed by atoms with Gasteiger partial charge in [0.15, 0.2) is 0 Å². The summed E-state index contributed by atoms with van der Waals surface area (Å²) in [6.07, 6.45) is 3.50. The molecule has 2 amide bonds. The quantitative estimate of drug-likeness (QED) is 0.734. The largest absolute Gasteiger partial charge is 0.494 e. The molecule has 6 heteroatoms. The third-order valence-electron chi connectivity index (χ3n) is 5.60. The lowest BCUT2D eigenvalue weighted by molar-refractivity contribution is -0.135. The number of piperidine rings is 1. The minimum atomic E-state index is -0.0481. The predicted molar refractivity (Wildman–Crippen MR) is 115 cm³/mol. The number of amides is 2. The molecule has 0 aromatic heterocycles. The van der Waals surface area contributed by atoms with Crippen LogP contribution < -0.4 is 14.8 Å². The first-order chi connectivity index (χ1) is 14.6. The molecule has 1 saturated carbocycles. The number of nitrogens with zero attached hydrogens (tertiary/aromatic N) is 1. The molecule has 6 nitrogen and oxygen atoms in total. The van der Waals surface area contributed by atoms with Crippen molar-refractivity contribution in [2.24, 2.45) is 11.8 Å². The molecule has 1 N–H and O–H groups in total. The summed E-state index contributed by atoms with van der Waals surface area (Å²) in [5.41, 5.74) is 0.746. The van der Waals surface area contributed by atoms with Crippen LogP contribution in [-0.2, 0) is 9.59 Å². The number of likely N-dealkylation sites (tertiary alicyclic amines) is 1. The van der Waals surface area contributed by atoms with Gasteiger partial charge in [-0.05, 0) is 81.1 Å². The van der Waals surface area contributed by atoms with Gasteiger partial charge in [-0.2, -0.15) is 0 Å². The molecule has 158 valence electrons. The third kappa shape index (κ3) is 5.12. The van der Waals surface area contributed by atoms with Crippen LogP contribution in [0.4, 0.5) is 5.69 Å². The Kier molecular flexibility index (Phi) is 6.21. The fraction of sp³-hybridized carbons (Fsp3) is 0.417. The molecule has 0 bridgehead atoms. The molecular weight excluding hydrogens is 380 g/mol. The highest BCUT2D eigenvalue weighted by Gasteiger charge is 2.35. The molecule has 0 unspecified atom stereocenters. The molecule has 1 aliphatic carbocycles. The Bertz CT molecular complexity index is 867. The van der Waals surface area contributed by atoms with Crippen LogP contribution in [0.2, 0.25) is 0 Å². The lowest BCUT2D eigenvalue weighted by Gasteiger charge is -2.31. The van der Waals surface area contributed by atoms with Crippen molar-refractivity contribution < 1.29 is 19.1 Å². The van der Waals surface area contributed by atoms with E-state index in [0.29, 0.717) is 25.4 Å². The summed E-state index contributed by atoms with van der Waals surface area (Å²) < 4.78 is 11.3. The van der Waals surface area contributed by atoms with Crippen LogP contribution in [0.3, 0.4) is 0 Å². The van der Waals surface area contributed by atoms with Crippen molar-refractivity contribution in [1.82, 2.24) is 4.90 Å². The van der Waals surface area contributed by atoms with E-state index in [4.69, 9.17) is 9.47 Å². The maximum absolute atomic E-state index is 12.6. The zero-order chi connectivity index (χ0) is 20.9. The second kappa shape index (κ2) is 9.20. The zero-order valence-electron chi connectivity index (χ0n) is 17.3. The molecule has 1 saturated heterocycles. The average molecular weight is 408 g/mol. The van der Waals surface area contributed by atoms with Crippen LogP contribution in [0.25, 0.3) is 0 Å². The lowest BCUT2D eigenvalue weighted by atomic mass is 9.95. The first kappa shape index (κ1) is 20.3. The molecule has 4 rings (SSSR count). The van der Waals surface area contributed by atoms with Gasteiger partial charge in [-0.15, -0.1) is 0 Å². The zero-order valence-corrected chi connectivity index (χ0v) is 17.3. The van der Waals surface area contributed by atoms with Crippen LogP contribution >= 0.6 is 0 Å². The number of carbonyl (C=O) groups excluding carboxylic acids is 2. The van der Waals surface area contributed by atoms with Crippen molar-refractivity contribution in [3.05, 3.63) is 48.5 Å². The Hall–Kier alpha value is -3.02. The van der Waals surface area contributed by atoms with Gasteiger partial charge in [-0.25, -0.2) is 0 Å². The van der Waals surface area contributed by atoms with Gasteiger partial charge in [-0.1, -0.05) is 0 Å². The predicted octanol–water partition coefficient (Wildman–Crippen LogP) is 4.46. The number of hydrogen-bond acceptors (Lipinski definition) is 4. The maximum Gasteiger partial charge on any atom is 0.227 e. The standard InChI is InChI=1S/C24H28N2O4/c1-2-29-20-9-11-22(12-10-20)30-21-7-5-19(6-8-21)25-23(27)17-13-15-26(16-14-17)24(28)18-3-4-18/h5-12,17-18H,2-4,13-16H2,1H3,(H,25,27). The van der Waals surface area contributed by atoms with Gasteiger partial charge in [0, 0.05) is 30.6 Å². The highest BCUT2D eigenvalue weighted by molar-refractivity contribution is 5.92. The van der Waals surface area contributed by atoms with Gasteiger partial charge in [0.25, 0.3) is 0 Å². The van der Waals surface area contributed by atoms with Crippen LogP contribution in [-0.4, -0.2) is 36.4 Å². The molecule has 0 spiro atoms. The fourth-order valence-corrected chi connectivity index (χ4v) is 3.71. The van der Waals surface area contributed by atoms with E-state index in [0.717, 1.165) is 42.9 Å². The smallest absolute Gasteiger partial charge is 0.227 e. The molecule has 2 aliphatic rings. The monoisotopic (exact) mass is 408 g/mol. The average Bonchev–Trinajstić information content (AvgIpc) is 3.62. The highest BCUT2D eigenvalue weighted by atomic mass is 16.5. The van der Waals surface area contributed by atoms with E-state index in [1.54, 1.807) is 0 Å². The Morgan fingerprint density at radius 3 is 2.00 bits per heavy atom. The molecule has 1 heterocycles. The molecule has 0 radical (unpaired) electrons. The summed E-state index contributed by atoms with van der Waals surface area (Å²) >= 11 is 0. The number of rotatable bonds is 7. The molecule has 2 fully saturated rings. The third-order valence-corrected chi connectivity index (χ3v) is 5.60.